The molecule has 2 N–H and O–H groups in total. The third-order valence-electron chi connectivity index (χ3n) is 3.00. The van der Waals surface area contributed by atoms with Gasteiger partial charge >= 0.3 is 0 Å². The topological polar surface area (TPSA) is 97.5 Å². The maximum absolute atomic E-state index is 12.1. The number of pyridine rings is 1. The molecular weight excluding hydrogens is 296 g/mol. The normalized spacial score (nSPS) is 13.3. The molecule has 0 spiro atoms. The first-order valence-corrected chi connectivity index (χ1v) is 7.60. The van der Waals surface area contributed by atoms with Crippen molar-refractivity contribution in [2.75, 3.05) is 6.79 Å². The molecule has 1 aliphatic heterocycles. The van der Waals surface area contributed by atoms with Crippen LogP contribution in [0.4, 0.5) is 0 Å². The summed E-state index contributed by atoms with van der Waals surface area (Å²) >= 11 is 0. The van der Waals surface area contributed by atoms with E-state index in [9.17, 15) is 13.2 Å². The number of hydrogen-bond donors (Lipinski definition) is 2. The zero-order chi connectivity index (χ0) is 14.9. The van der Waals surface area contributed by atoms with Crippen molar-refractivity contribution >= 4 is 10.0 Å². The summed E-state index contributed by atoms with van der Waals surface area (Å²) in [6.07, 6.45) is 1.15. The second-order valence-electron chi connectivity index (χ2n) is 4.36. The van der Waals surface area contributed by atoms with Gasteiger partial charge in [0.25, 0.3) is 0 Å². The number of H-pyrrole nitrogens is 1. The van der Waals surface area contributed by atoms with Crippen molar-refractivity contribution in [3.05, 3.63) is 52.4 Å². The molecule has 0 bridgehead atoms. The molecule has 3 rings (SSSR count). The zero-order valence-corrected chi connectivity index (χ0v) is 11.6. The third-order valence-corrected chi connectivity index (χ3v) is 4.40. The molecule has 0 fully saturated rings. The van der Waals surface area contributed by atoms with E-state index in [4.69, 9.17) is 9.47 Å². The van der Waals surface area contributed by atoms with E-state index in [1.54, 1.807) is 18.2 Å². The molecule has 1 aromatic heterocycles. The maximum Gasteiger partial charge on any atom is 0.247 e. The van der Waals surface area contributed by atoms with Crippen LogP contribution < -0.4 is 19.8 Å². The molecule has 0 amide bonds. The summed E-state index contributed by atoms with van der Waals surface area (Å²) in [5.74, 6) is 1.14. The van der Waals surface area contributed by atoms with E-state index in [1.165, 1.54) is 6.07 Å². The molecule has 1 aromatic carbocycles. The lowest BCUT2D eigenvalue weighted by molar-refractivity contribution is 0.173. The van der Waals surface area contributed by atoms with E-state index in [-0.39, 0.29) is 23.8 Å². The smallest absolute Gasteiger partial charge is 0.247 e. The van der Waals surface area contributed by atoms with Crippen LogP contribution in [0, 0.1) is 0 Å². The fraction of sp³-hybridized carbons (Fsp3) is 0.154. The summed E-state index contributed by atoms with van der Waals surface area (Å²) in [6.45, 7) is 0.188. The molecule has 8 heteroatoms. The van der Waals surface area contributed by atoms with E-state index >= 15 is 0 Å². The Kier molecular flexibility index (Phi) is 3.40. The van der Waals surface area contributed by atoms with Gasteiger partial charge in [0.05, 0.1) is 4.90 Å². The molecule has 2 aromatic rings. The Morgan fingerprint density at radius 1 is 1.19 bits per heavy atom. The van der Waals surface area contributed by atoms with Gasteiger partial charge in [-0.25, -0.2) is 13.1 Å². The minimum absolute atomic E-state index is 0.00755. The molecule has 21 heavy (non-hydrogen) atoms. The van der Waals surface area contributed by atoms with Gasteiger partial charge in [-0.3, -0.25) is 4.79 Å². The van der Waals surface area contributed by atoms with Gasteiger partial charge in [0, 0.05) is 24.4 Å². The molecule has 0 unspecified atom stereocenters. The molecule has 2 heterocycles. The number of rotatable bonds is 4. The Morgan fingerprint density at radius 3 is 2.81 bits per heavy atom. The number of benzene rings is 1. The molecular formula is C13H12N2O5S. The Morgan fingerprint density at radius 2 is 2.05 bits per heavy atom. The van der Waals surface area contributed by atoms with Gasteiger partial charge in [-0.05, 0) is 12.1 Å². The van der Waals surface area contributed by atoms with Crippen molar-refractivity contribution in [1.82, 2.24) is 9.71 Å². The summed E-state index contributed by atoms with van der Waals surface area (Å²) in [6, 6.07) is 7.67. The summed E-state index contributed by atoms with van der Waals surface area (Å²) in [4.78, 5) is 13.3. The van der Waals surface area contributed by atoms with Crippen LogP contribution in [0.5, 0.6) is 11.5 Å². The summed E-state index contributed by atoms with van der Waals surface area (Å²) in [5.41, 5.74) is 0.318. The van der Waals surface area contributed by atoms with Crippen molar-refractivity contribution in [3.8, 4) is 11.5 Å². The van der Waals surface area contributed by atoms with Gasteiger partial charge in [0.15, 0.2) is 11.5 Å². The van der Waals surface area contributed by atoms with Gasteiger partial charge < -0.3 is 14.5 Å². The van der Waals surface area contributed by atoms with Crippen LogP contribution in [0.25, 0.3) is 0 Å². The number of aromatic amines is 1. The average Bonchev–Trinajstić information content (AvgIpc) is 2.94. The number of hydrogen-bond acceptors (Lipinski definition) is 5. The van der Waals surface area contributed by atoms with Crippen LogP contribution >= 0.6 is 0 Å². The Bertz CT molecular complexity index is 808. The fourth-order valence-corrected chi connectivity index (χ4v) is 2.92. The number of nitrogens with one attached hydrogen (secondary N) is 2. The highest BCUT2D eigenvalue weighted by Gasteiger charge is 2.19. The minimum Gasteiger partial charge on any atom is -0.454 e. The number of ether oxygens (including phenoxy) is 2. The fourth-order valence-electron chi connectivity index (χ4n) is 1.95. The average molecular weight is 308 g/mol. The van der Waals surface area contributed by atoms with Gasteiger partial charge in [-0.1, -0.05) is 12.1 Å². The molecule has 0 atom stereocenters. The quantitative estimate of drug-likeness (QED) is 0.861. The van der Waals surface area contributed by atoms with Gasteiger partial charge in [-0.2, -0.15) is 0 Å². The number of fused-ring (bicyclic) bond motifs is 1. The second-order valence-corrected chi connectivity index (χ2v) is 6.13. The molecule has 0 aliphatic carbocycles. The second kappa shape index (κ2) is 5.23. The van der Waals surface area contributed by atoms with E-state index in [1.807, 2.05) is 0 Å². The van der Waals surface area contributed by atoms with Crippen LogP contribution in [0.15, 0.2) is 46.2 Å². The molecule has 1 aliphatic rings. The standard InChI is InChI=1S/C13H12N2O5S/c16-12-5-4-10(7-14-12)21(17,18)15-6-9-2-1-3-11-13(9)20-8-19-11/h1-5,7,15H,6,8H2,(H,14,16). The SMILES string of the molecule is O=c1ccc(S(=O)(=O)NCc2cccc3c2OCO3)c[nH]1. The van der Waals surface area contributed by atoms with E-state index in [0.717, 1.165) is 12.3 Å². The van der Waals surface area contributed by atoms with E-state index < -0.39 is 10.0 Å². The minimum atomic E-state index is -3.71. The number of para-hydroxylation sites is 1. The summed E-state index contributed by atoms with van der Waals surface area (Å²) < 4.78 is 37.2. The van der Waals surface area contributed by atoms with Crippen LogP contribution in [0.1, 0.15) is 5.56 Å². The summed E-state index contributed by atoms with van der Waals surface area (Å²) in [5, 5.41) is 0. The maximum atomic E-state index is 12.1. The van der Waals surface area contributed by atoms with E-state index in [2.05, 4.69) is 9.71 Å². The largest absolute Gasteiger partial charge is 0.454 e. The Hall–Kier alpha value is -2.32. The van der Waals surface area contributed by atoms with Crippen molar-refractivity contribution in [1.29, 1.82) is 0 Å². The highest BCUT2D eigenvalue weighted by molar-refractivity contribution is 7.89. The molecule has 110 valence electrons. The molecule has 0 saturated carbocycles. The highest BCUT2D eigenvalue weighted by atomic mass is 32.2. The van der Waals surface area contributed by atoms with Crippen LogP contribution in [-0.4, -0.2) is 20.2 Å². The number of sulfonamides is 1. The van der Waals surface area contributed by atoms with Crippen molar-refractivity contribution < 1.29 is 17.9 Å². The van der Waals surface area contributed by atoms with Crippen molar-refractivity contribution in [2.24, 2.45) is 0 Å². The van der Waals surface area contributed by atoms with Crippen LogP contribution in [0.3, 0.4) is 0 Å². The number of aromatic nitrogens is 1. The Labute approximate surface area is 120 Å². The van der Waals surface area contributed by atoms with Crippen molar-refractivity contribution in [2.45, 2.75) is 11.4 Å². The first-order chi connectivity index (χ1) is 10.1. The zero-order valence-electron chi connectivity index (χ0n) is 10.8. The first kappa shape index (κ1) is 13.7. The predicted octanol–water partition coefficient (Wildman–Crippen LogP) is 0.582. The van der Waals surface area contributed by atoms with Crippen molar-refractivity contribution in [3.63, 3.8) is 0 Å². The van der Waals surface area contributed by atoms with Crippen LogP contribution in [0.2, 0.25) is 0 Å². The molecule has 0 saturated heterocycles. The third kappa shape index (κ3) is 2.76. The lowest BCUT2D eigenvalue weighted by Gasteiger charge is -2.08. The van der Waals surface area contributed by atoms with E-state index in [0.29, 0.717) is 17.1 Å². The summed E-state index contributed by atoms with van der Waals surface area (Å²) in [7, 11) is -3.71. The monoisotopic (exact) mass is 308 g/mol. The lowest BCUT2D eigenvalue weighted by Crippen LogP contribution is -2.24. The predicted molar refractivity (Wildman–Crippen MR) is 73.7 cm³/mol. The van der Waals surface area contributed by atoms with Gasteiger partial charge in [-0.15, -0.1) is 0 Å². The first-order valence-electron chi connectivity index (χ1n) is 6.12. The van der Waals surface area contributed by atoms with Gasteiger partial charge in [0.2, 0.25) is 22.4 Å². The van der Waals surface area contributed by atoms with Crippen LogP contribution in [-0.2, 0) is 16.6 Å². The Balaban J connectivity index is 1.80. The molecule has 0 radical (unpaired) electrons. The van der Waals surface area contributed by atoms with Gasteiger partial charge in [0.1, 0.15) is 0 Å². The molecule has 7 nitrogen and oxygen atoms in total. The highest BCUT2D eigenvalue weighted by Crippen LogP contribution is 2.35. The lowest BCUT2D eigenvalue weighted by atomic mass is 10.2.